The summed E-state index contributed by atoms with van der Waals surface area (Å²) >= 11 is 7.54. The molecule has 5 rings (SSSR count). The van der Waals surface area contributed by atoms with Crippen LogP contribution in [0.3, 0.4) is 0 Å². The molecule has 5 nitrogen and oxygen atoms in total. The van der Waals surface area contributed by atoms with Crippen LogP contribution in [0.15, 0.2) is 58.7 Å². The monoisotopic (exact) mass is 517 g/mol. The van der Waals surface area contributed by atoms with Gasteiger partial charge in [-0.05, 0) is 35.9 Å². The number of hydrogen-bond donors (Lipinski definition) is 1. The number of amidine groups is 1. The number of benzene rings is 1. The van der Waals surface area contributed by atoms with Crippen molar-refractivity contribution in [3.8, 4) is 11.3 Å². The van der Waals surface area contributed by atoms with E-state index >= 15 is 0 Å². The lowest BCUT2D eigenvalue weighted by molar-refractivity contribution is -0.137. The molecule has 1 fully saturated rings. The van der Waals surface area contributed by atoms with Gasteiger partial charge in [-0.3, -0.25) is 15.2 Å². The largest absolute Gasteiger partial charge is 0.464 e. The minimum Gasteiger partial charge on any atom is -0.464 e. The Balaban J connectivity index is 1.59. The van der Waals surface area contributed by atoms with E-state index in [9.17, 15) is 18.0 Å². The summed E-state index contributed by atoms with van der Waals surface area (Å²) < 4.78 is 44.5. The average Bonchev–Trinajstić information content (AvgIpc) is 3.47. The Morgan fingerprint density at radius 3 is 2.74 bits per heavy atom. The molecule has 0 aliphatic carbocycles. The Kier molecular flexibility index (Phi) is 5.52. The number of nitrogens with zero attached hydrogens (tertiary/aromatic N) is 2. The number of carbonyl (C=O) groups excluding carboxylic acids is 1. The maximum Gasteiger partial charge on any atom is 0.417 e. The van der Waals surface area contributed by atoms with Crippen LogP contribution in [0.5, 0.6) is 0 Å². The third kappa shape index (κ3) is 3.92. The number of hydrogen-bond acceptors (Lipinski definition) is 5. The van der Waals surface area contributed by atoms with Gasteiger partial charge in [-0.15, -0.1) is 11.3 Å². The molecule has 10 heteroatoms. The highest BCUT2D eigenvalue weighted by atomic mass is 35.5. The number of fused-ring (bicyclic) bond motifs is 1. The fourth-order valence-corrected chi connectivity index (χ4v) is 6.00. The molecule has 0 spiro atoms. The summed E-state index contributed by atoms with van der Waals surface area (Å²) in [4.78, 5) is 19.6. The number of piperidine rings is 1. The molecular weight excluding hydrogens is 499 g/mol. The summed E-state index contributed by atoms with van der Waals surface area (Å²) in [5.41, 5.74) is 0.619. The first-order valence-electron chi connectivity index (χ1n) is 10.6. The van der Waals surface area contributed by atoms with Crippen LogP contribution in [-0.4, -0.2) is 28.7 Å². The van der Waals surface area contributed by atoms with Gasteiger partial charge in [0.1, 0.15) is 11.4 Å². The van der Waals surface area contributed by atoms with Crippen molar-refractivity contribution in [2.75, 3.05) is 7.05 Å². The summed E-state index contributed by atoms with van der Waals surface area (Å²) in [7, 11) is 1.60. The molecule has 0 radical (unpaired) electrons. The first kappa shape index (κ1) is 23.6. The number of rotatable bonds is 3. The lowest BCUT2D eigenvalue weighted by atomic mass is 9.67. The first-order chi connectivity index (χ1) is 16.5. The maximum atomic E-state index is 13.5. The van der Waals surface area contributed by atoms with Gasteiger partial charge in [0.25, 0.3) is 0 Å². The number of furan rings is 1. The Bertz CT molecular complexity index is 1480. The zero-order chi connectivity index (χ0) is 25.1. The first-order valence-corrected chi connectivity index (χ1v) is 11.9. The Hall–Kier alpha value is -3.17. The second kappa shape index (κ2) is 8.20. The molecule has 4 aromatic rings. The third-order valence-electron chi connectivity index (χ3n) is 6.57. The van der Waals surface area contributed by atoms with E-state index in [4.69, 9.17) is 21.4 Å². The molecular formula is C25H19ClF3N3O2S. The smallest absolute Gasteiger partial charge is 0.417 e. The summed E-state index contributed by atoms with van der Waals surface area (Å²) in [6.45, 7) is 1.94. The van der Waals surface area contributed by atoms with Crippen LogP contribution in [0.1, 0.15) is 35.3 Å². The number of halogens is 4. The van der Waals surface area contributed by atoms with Gasteiger partial charge in [0.2, 0.25) is 5.91 Å². The highest BCUT2D eigenvalue weighted by Gasteiger charge is 2.49. The van der Waals surface area contributed by atoms with Gasteiger partial charge < -0.3 is 9.32 Å². The van der Waals surface area contributed by atoms with Crippen molar-refractivity contribution in [2.45, 2.75) is 30.9 Å². The molecule has 1 aliphatic heterocycles. The topological polar surface area (TPSA) is 70.2 Å². The van der Waals surface area contributed by atoms with E-state index < -0.39 is 23.1 Å². The van der Waals surface area contributed by atoms with E-state index in [2.05, 4.69) is 4.98 Å². The molecule has 3 aromatic heterocycles. The van der Waals surface area contributed by atoms with Gasteiger partial charge in [0.15, 0.2) is 0 Å². The molecule has 1 aromatic carbocycles. The second-order valence-corrected chi connectivity index (χ2v) is 10.2. The number of likely N-dealkylation sites (tertiary alicyclic amines) is 1. The normalized spacial score (nSPS) is 21.2. The maximum absolute atomic E-state index is 13.5. The highest BCUT2D eigenvalue weighted by molar-refractivity contribution is 7.10. The number of alkyl halides is 3. The van der Waals surface area contributed by atoms with Crippen molar-refractivity contribution in [1.29, 1.82) is 5.41 Å². The summed E-state index contributed by atoms with van der Waals surface area (Å²) in [5, 5.41) is 11.0. The van der Waals surface area contributed by atoms with Crippen LogP contribution in [-0.2, 0) is 16.4 Å². The Morgan fingerprint density at radius 1 is 1.26 bits per heavy atom. The number of nitrogens with one attached hydrogen (secondary N) is 1. The summed E-state index contributed by atoms with van der Waals surface area (Å²) in [6, 6.07) is 10.1. The van der Waals surface area contributed by atoms with Crippen molar-refractivity contribution >= 4 is 45.6 Å². The molecule has 1 aliphatic rings. The van der Waals surface area contributed by atoms with Crippen LogP contribution >= 0.6 is 22.9 Å². The number of pyridine rings is 1. The molecule has 1 N–H and O–H groups in total. The molecule has 0 unspecified atom stereocenters. The number of amides is 1. The van der Waals surface area contributed by atoms with E-state index in [1.807, 2.05) is 31.2 Å². The quantitative estimate of drug-likeness (QED) is 0.315. The van der Waals surface area contributed by atoms with Crippen molar-refractivity contribution in [3.05, 3.63) is 75.3 Å². The number of likely N-dealkylation sites (N-methyl/N-ethyl adjacent to an activating group) is 1. The predicted molar refractivity (Wildman–Crippen MR) is 129 cm³/mol. The van der Waals surface area contributed by atoms with E-state index in [0.29, 0.717) is 17.6 Å². The second-order valence-electron chi connectivity index (χ2n) is 8.84. The van der Waals surface area contributed by atoms with Crippen molar-refractivity contribution < 1.29 is 22.4 Å². The molecule has 0 bridgehead atoms. The van der Waals surface area contributed by atoms with E-state index in [1.165, 1.54) is 16.2 Å². The van der Waals surface area contributed by atoms with Crippen LogP contribution in [0, 0.1) is 5.41 Å². The van der Waals surface area contributed by atoms with Gasteiger partial charge in [0, 0.05) is 46.3 Å². The zero-order valence-corrected chi connectivity index (χ0v) is 20.2. The SMILES string of the molecule is CN1C(=N)C[C@](C)(c2cc(-c3ncc(C(F)(F)F)cc3Cl)cs2)[C@H](c2ccc3occc3c2)C1=O. The molecule has 4 heterocycles. The van der Waals surface area contributed by atoms with Gasteiger partial charge in [-0.25, -0.2) is 0 Å². The minimum atomic E-state index is -4.54. The Morgan fingerprint density at radius 2 is 2.03 bits per heavy atom. The minimum absolute atomic E-state index is 0.108. The van der Waals surface area contributed by atoms with Crippen molar-refractivity contribution in [2.24, 2.45) is 0 Å². The molecule has 35 heavy (non-hydrogen) atoms. The van der Waals surface area contributed by atoms with Gasteiger partial charge in [0.05, 0.1) is 28.5 Å². The van der Waals surface area contributed by atoms with E-state index in [0.717, 1.165) is 28.1 Å². The summed E-state index contributed by atoms with van der Waals surface area (Å²) in [6.07, 6.45) is -1.89. The average molecular weight is 518 g/mol. The van der Waals surface area contributed by atoms with Gasteiger partial charge in [-0.2, -0.15) is 13.2 Å². The molecule has 180 valence electrons. The van der Waals surface area contributed by atoms with Crippen molar-refractivity contribution in [1.82, 2.24) is 9.88 Å². The summed E-state index contributed by atoms with van der Waals surface area (Å²) in [5.74, 6) is -0.588. The van der Waals surface area contributed by atoms with E-state index in [1.54, 1.807) is 24.8 Å². The standard InChI is InChI=1S/C25H19ClF3N3O2S/c1-24(19-8-15(12-35-19)22-17(26)9-16(11-31-22)25(27,28)29)10-20(30)32(2)23(33)21(24)14-3-4-18-13(7-14)5-6-34-18/h3-9,11-12,21,30H,10H2,1-2H3/t21-,24-/m1/s1. The van der Waals surface area contributed by atoms with Crippen LogP contribution in [0.25, 0.3) is 22.2 Å². The number of thiophene rings is 1. The molecule has 0 saturated carbocycles. The highest BCUT2D eigenvalue weighted by Crippen LogP contribution is 2.49. The van der Waals surface area contributed by atoms with Crippen LogP contribution in [0.4, 0.5) is 13.2 Å². The van der Waals surface area contributed by atoms with E-state index in [-0.39, 0.29) is 22.5 Å². The zero-order valence-electron chi connectivity index (χ0n) is 18.6. The lowest BCUT2D eigenvalue weighted by Gasteiger charge is -2.44. The predicted octanol–water partition coefficient (Wildman–Crippen LogP) is 7.11. The number of carbonyl (C=O) groups is 1. The molecule has 2 atom stereocenters. The number of aromatic nitrogens is 1. The third-order valence-corrected chi connectivity index (χ3v) is 8.07. The van der Waals surface area contributed by atoms with Crippen molar-refractivity contribution in [3.63, 3.8) is 0 Å². The Labute approximate surface area is 207 Å². The fourth-order valence-electron chi connectivity index (χ4n) is 4.64. The van der Waals surface area contributed by atoms with Crippen LogP contribution < -0.4 is 0 Å². The fraction of sp³-hybridized carbons (Fsp3) is 0.240. The molecule has 1 amide bonds. The molecule has 1 saturated heterocycles. The van der Waals surface area contributed by atoms with Gasteiger partial charge in [-0.1, -0.05) is 24.6 Å². The lowest BCUT2D eigenvalue weighted by Crippen LogP contribution is -2.51. The van der Waals surface area contributed by atoms with Crippen LogP contribution in [0.2, 0.25) is 5.02 Å². The van der Waals surface area contributed by atoms with Gasteiger partial charge >= 0.3 is 6.18 Å².